The molecule has 0 aromatic heterocycles. The molecule has 0 bridgehead atoms. The Labute approximate surface area is 110 Å². The third kappa shape index (κ3) is 2.29. The highest BCUT2D eigenvalue weighted by Crippen LogP contribution is 2.31. The van der Waals surface area contributed by atoms with Crippen molar-refractivity contribution < 1.29 is 4.39 Å². The highest BCUT2D eigenvalue weighted by molar-refractivity contribution is 6.33. The van der Waals surface area contributed by atoms with Gasteiger partial charge in [-0.1, -0.05) is 29.8 Å². The first-order valence-electron chi connectivity index (χ1n) is 5.34. The molecule has 0 amide bonds. The standard InChI is InChI=1S/C14H10ClFN2/c1-9-4-2-5-10(8-17)13(9)18-14-11(15)6-3-7-12(14)16/h2-7,18H,1H3. The first kappa shape index (κ1) is 12.4. The Kier molecular flexibility index (Phi) is 3.50. The summed E-state index contributed by atoms with van der Waals surface area (Å²) >= 11 is 5.94. The van der Waals surface area contributed by atoms with E-state index < -0.39 is 5.82 Å². The minimum Gasteiger partial charge on any atom is -0.351 e. The van der Waals surface area contributed by atoms with Gasteiger partial charge in [0.2, 0.25) is 0 Å². The molecule has 18 heavy (non-hydrogen) atoms. The molecule has 0 atom stereocenters. The van der Waals surface area contributed by atoms with Crippen LogP contribution in [0.5, 0.6) is 0 Å². The summed E-state index contributed by atoms with van der Waals surface area (Å²) in [5.74, 6) is -0.449. The summed E-state index contributed by atoms with van der Waals surface area (Å²) in [5.41, 5.74) is 2.07. The van der Waals surface area contributed by atoms with Gasteiger partial charge in [0, 0.05) is 0 Å². The van der Waals surface area contributed by atoms with Gasteiger partial charge in [0.25, 0.3) is 0 Å². The Morgan fingerprint density at radius 2 is 1.89 bits per heavy atom. The summed E-state index contributed by atoms with van der Waals surface area (Å²) < 4.78 is 13.7. The number of para-hydroxylation sites is 2. The Morgan fingerprint density at radius 1 is 1.17 bits per heavy atom. The van der Waals surface area contributed by atoms with Gasteiger partial charge >= 0.3 is 0 Å². The summed E-state index contributed by atoms with van der Waals surface area (Å²) in [5, 5.41) is 12.2. The quantitative estimate of drug-likeness (QED) is 0.869. The molecule has 0 aliphatic carbocycles. The van der Waals surface area contributed by atoms with E-state index in [0.29, 0.717) is 11.3 Å². The van der Waals surface area contributed by atoms with Crippen molar-refractivity contribution in [2.45, 2.75) is 6.92 Å². The van der Waals surface area contributed by atoms with Crippen LogP contribution in [0.2, 0.25) is 5.02 Å². The molecule has 2 nitrogen and oxygen atoms in total. The molecule has 0 heterocycles. The molecule has 0 aliphatic rings. The van der Waals surface area contributed by atoms with Crippen LogP contribution in [0.15, 0.2) is 36.4 Å². The summed E-state index contributed by atoms with van der Waals surface area (Å²) in [4.78, 5) is 0. The van der Waals surface area contributed by atoms with E-state index in [2.05, 4.69) is 11.4 Å². The first-order chi connectivity index (χ1) is 8.63. The lowest BCUT2D eigenvalue weighted by Crippen LogP contribution is -1.99. The zero-order valence-corrected chi connectivity index (χ0v) is 10.4. The van der Waals surface area contributed by atoms with Gasteiger partial charge in [0.05, 0.1) is 22.0 Å². The Hall–Kier alpha value is -2.05. The molecular formula is C14H10ClFN2. The summed E-state index contributed by atoms with van der Waals surface area (Å²) in [6.45, 7) is 1.85. The fourth-order valence-electron chi connectivity index (χ4n) is 1.67. The summed E-state index contributed by atoms with van der Waals surface area (Å²) in [6.07, 6.45) is 0. The van der Waals surface area contributed by atoms with E-state index in [-0.39, 0.29) is 10.7 Å². The molecule has 0 spiro atoms. The Balaban J connectivity index is 2.50. The third-order valence-corrected chi connectivity index (χ3v) is 2.92. The molecular weight excluding hydrogens is 251 g/mol. The van der Waals surface area contributed by atoms with Gasteiger partial charge in [-0.2, -0.15) is 5.26 Å². The number of nitrogens with one attached hydrogen (secondary N) is 1. The van der Waals surface area contributed by atoms with Gasteiger partial charge in [-0.05, 0) is 30.7 Å². The van der Waals surface area contributed by atoms with Crippen molar-refractivity contribution in [3.8, 4) is 6.07 Å². The van der Waals surface area contributed by atoms with E-state index in [0.717, 1.165) is 5.56 Å². The molecule has 0 saturated heterocycles. The lowest BCUT2D eigenvalue weighted by atomic mass is 10.1. The number of hydrogen-bond acceptors (Lipinski definition) is 2. The molecule has 0 aliphatic heterocycles. The first-order valence-corrected chi connectivity index (χ1v) is 5.72. The van der Waals surface area contributed by atoms with Crippen molar-refractivity contribution in [1.29, 1.82) is 5.26 Å². The Morgan fingerprint density at radius 3 is 2.56 bits per heavy atom. The molecule has 0 unspecified atom stereocenters. The number of hydrogen-bond donors (Lipinski definition) is 1. The summed E-state index contributed by atoms with van der Waals surface area (Å²) in [6, 6.07) is 11.8. The third-order valence-electron chi connectivity index (χ3n) is 2.61. The van der Waals surface area contributed by atoms with Crippen molar-refractivity contribution in [2.75, 3.05) is 5.32 Å². The number of halogens is 2. The minimum absolute atomic E-state index is 0.185. The van der Waals surface area contributed by atoms with Gasteiger partial charge in [-0.15, -0.1) is 0 Å². The lowest BCUT2D eigenvalue weighted by molar-refractivity contribution is 0.632. The second-order valence-corrected chi connectivity index (χ2v) is 4.24. The van der Waals surface area contributed by atoms with E-state index in [4.69, 9.17) is 16.9 Å². The zero-order valence-electron chi connectivity index (χ0n) is 9.67. The second kappa shape index (κ2) is 5.07. The normalized spacial score (nSPS) is 9.89. The van der Waals surface area contributed by atoms with E-state index in [1.54, 1.807) is 18.2 Å². The molecule has 90 valence electrons. The van der Waals surface area contributed by atoms with Crippen molar-refractivity contribution in [3.63, 3.8) is 0 Å². The van der Waals surface area contributed by atoms with Gasteiger partial charge in [-0.25, -0.2) is 4.39 Å². The fourth-order valence-corrected chi connectivity index (χ4v) is 1.88. The number of nitrogens with zero attached hydrogens (tertiary/aromatic N) is 1. The fraction of sp³-hybridized carbons (Fsp3) is 0.0714. The predicted octanol–water partition coefficient (Wildman–Crippen LogP) is 4.40. The number of anilines is 2. The molecule has 2 rings (SSSR count). The molecule has 2 aromatic rings. The molecule has 2 aromatic carbocycles. The maximum atomic E-state index is 13.7. The van der Waals surface area contributed by atoms with Gasteiger partial charge in [0.15, 0.2) is 0 Å². The molecule has 4 heteroatoms. The summed E-state index contributed by atoms with van der Waals surface area (Å²) in [7, 11) is 0. The van der Waals surface area contributed by atoms with E-state index in [1.807, 2.05) is 13.0 Å². The van der Waals surface area contributed by atoms with Crippen LogP contribution in [0.3, 0.4) is 0 Å². The molecule has 0 saturated carbocycles. The maximum absolute atomic E-state index is 13.7. The minimum atomic E-state index is -0.449. The highest BCUT2D eigenvalue weighted by atomic mass is 35.5. The number of nitriles is 1. The molecule has 0 radical (unpaired) electrons. The van der Waals surface area contributed by atoms with Crippen LogP contribution in [0.4, 0.5) is 15.8 Å². The average molecular weight is 261 g/mol. The molecule has 0 fully saturated rings. The van der Waals surface area contributed by atoms with Crippen LogP contribution in [0.25, 0.3) is 0 Å². The van der Waals surface area contributed by atoms with Crippen LogP contribution >= 0.6 is 11.6 Å². The van der Waals surface area contributed by atoms with Crippen LogP contribution in [0.1, 0.15) is 11.1 Å². The maximum Gasteiger partial charge on any atom is 0.148 e. The van der Waals surface area contributed by atoms with E-state index in [1.165, 1.54) is 12.1 Å². The topological polar surface area (TPSA) is 35.8 Å². The van der Waals surface area contributed by atoms with Crippen LogP contribution in [-0.2, 0) is 0 Å². The highest BCUT2D eigenvalue weighted by Gasteiger charge is 2.11. The van der Waals surface area contributed by atoms with Crippen molar-refractivity contribution >= 4 is 23.0 Å². The molecule has 1 N–H and O–H groups in total. The van der Waals surface area contributed by atoms with Crippen molar-refractivity contribution in [3.05, 3.63) is 58.4 Å². The van der Waals surface area contributed by atoms with Gasteiger partial charge < -0.3 is 5.32 Å². The van der Waals surface area contributed by atoms with E-state index >= 15 is 0 Å². The average Bonchev–Trinajstić information content (AvgIpc) is 2.35. The van der Waals surface area contributed by atoms with Crippen LogP contribution in [-0.4, -0.2) is 0 Å². The van der Waals surface area contributed by atoms with Crippen LogP contribution < -0.4 is 5.32 Å². The lowest BCUT2D eigenvalue weighted by Gasteiger charge is -2.13. The second-order valence-electron chi connectivity index (χ2n) is 3.83. The predicted molar refractivity (Wildman–Crippen MR) is 70.6 cm³/mol. The number of benzene rings is 2. The van der Waals surface area contributed by atoms with E-state index in [9.17, 15) is 4.39 Å². The largest absolute Gasteiger partial charge is 0.351 e. The van der Waals surface area contributed by atoms with Crippen molar-refractivity contribution in [2.24, 2.45) is 0 Å². The number of aryl methyl sites for hydroxylation is 1. The zero-order chi connectivity index (χ0) is 13.1. The van der Waals surface area contributed by atoms with Gasteiger partial charge in [-0.3, -0.25) is 0 Å². The van der Waals surface area contributed by atoms with Gasteiger partial charge in [0.1, 0.15) is 11.9 Å². The van der Waals surface area contributed by atoms with Crippen LogP contribution in [0, 0.1) is 24.1 Å². The number of rotatable bonds is 2. The van der Waals surface area contributed by atoms with Crippen molar-refractivity contribution in [1.82, 2.24) is 0 Å². The Bertz CT molecular complexity index is 612. The SMILES string of the molecule is Cc1cccc(C#N)c1Nc1c(F)cccc1Cl. The smallest absolute Gasteiger partial charge is 0.148 e. The monoisotopic (exact) mass is 260 g/mol.